The van der Waals surface area contributed by atoms with E-state index >= 15 is 0 Å². The maximum Gasteiger partial charge on any atom is 0.322 e. The summed E-state index contributed by atoms with van der Waals surface area (Å²) in [5.74, 6) is -1.42. The Balaban J connectivity index is 1.34. The molecular weight excluding hydrogens is 496 g/mol. The largest absolute Gasteiger partial charge is 0.504 e. The van der Waals surface area contributed by atoms with Gasteiger partial charge < -0.3 is 20.4 Å². The summed E-state index contributed by atoms with van der Waals surface area (Å²) in [5.41, 5.74) is 4.48. The van der Waals surface area contributed by atoms with E-state index in [9.17, 15) is 19.5 Å². The smallest absolute Gasteiger partial charge is 0.322 e. The highest BCUT2D eigenvalue weighted by molar-refractivity contribution is 5.96. The Bertz CT molecular complexity index is 1380. The molecule has 1 saturated heterocycles. The van der Waals surface area contributed by atoms with Gasteiger partial charge in [-0.25, -0.2) is 9.97 Å². The number of anilines is 1. The van der Waals surface area contributed by atoms with E-state index in [4.69, 9.17) is 5.11 Å². The minimum atomic E-state index is -1.18. The van der Waals surface area contributed by atoms with Crippen LogP contribution in [0, 0.1) is 12.8 Å². The Morgan fingerprint density at radius 1 is 1.00 bits per heavy atom. The molecule has 3 N–H and O–H groups in total. The third-order valence-electron chi connectivity index (χ3n) is 6.79. The Morgan fingerprint density at radius 2 is 1.62 bits per heavy atom. The first-order valence-corrected chi connectivity index (χ1v) is 12.9. The fraction of sp³-hybridized carbons (Fsp3) is 0.300. The predicted octanol–water partition coefficient (Wildman–Crippen LogP) is 4.03. The van der Waals surface area contributed by atoms with Crippen molar-refractivity contribution >= 4 is 29.4 Å². The molecule has 0 unspecified atom stereocenters. The number of aryl methyl sites for hydroxylation is 1. The quantitative estimate of drug-likeness (QED) is 0.355. The molecule has 39 heavy (non-hydrogen) atoms. The fourth-order valence-corrected chi connectivity index (χ4v) is 4.63. The second-order valence-electron chi connectivity index (χ2n) is 9.75. The number of carbonyl (C=O) groups excluding carboxylic acids is 2. The van der Waals surface area contributed by atoms with Crippen molar-refractivity contribution in [1.82, 2.24) is 15.3 Å². The molecule has 0 bridgehead atoms. The number of hydrogen-bond acceptors (Lipinski definition) is 7. The molecule has 3 aromatic rings. The first-order chi connectivity index (χ1) is 18.7. The summed E-state index contributed by atoms with van der Waals surface area (Å²) >= 11 is 0. The molecule has 0 saturated carbocycles. The van der Waals surface area contributed by atoms with Crippen LogP contribution >= 0.6 is 0 Å². The summed E-state index contributed by atoms with van der Waals surface area (Å²) in [7, 11) is 0. The summed E-state index contributed by atoms with van der Waals surface area (Å²) < 4.78 is 0. The average molecular weight is 529 g/mol. The van der Waals surface area contributed by atoms with Gasteiger partial charge in [0.05, 0.1) is 5.69 Å². The fourth-order valence-electron chi connectivity index (χ4n) is 4.63. The topological polar surface area (TPSA) is 133 Å². The molecule has 9 nitrogen and oxygen atoms in total. The second-order valence-corrected chi connectivity index (χ2v) is 9.75. The zero-order valence-electron chi connectivity index (χ0n) is 22.1. The van der Waals surface area contributed by atoms with Gasteiger partial charge in [-0.05, 0) is 67.5 Å². The van der Waals surface area contributed by atoms with Crippen LogP contribution in [-0.4, -0.2) is 57.5 Å². The van der Waals surface area contributed by atoms with E-state index in [1.165, 1.54) is 6.92 Å². The highest BCUT2D eigenvalue weighted by Gasteiger charge is 2.23. The summed E-state index contributed by atoms with van der Waals surface area (Å²) in [6.07, 6.45) is 5.81. The number of aromatic nitrogens is 2. The van der Waals surface area contributed by atoms with E-state index < -0.39 is 18.4 Å². The van der Waals surface area contributed by atoms with Crippen molar-refractivity contribution < 1.29 is 24.6 Å². The van der Waals surface area contributed by atoms with Crippen molar-refractivity contribution in [2.24, 2.45) is 5.92 Å². The standard InChI is InChI=1S/C30H32N4O5/c1-19(35)3-4-21-5-7-23(8-6-21)24-9-11-25(12-10-24)34-15-13-22(14-16-34)17-26-32-20(2)29(38)28(33-26)30(39)31-18-27(36)37/h3-12,22,38H,13-18H2,1-2H3,(H,31,39)(H,36,37)/b4-3+. The molecule has 1 aliphatic heterocycles. The third-order valence-corrected chi connectivity index (χ3v) is 6.79. The number of carboxylic acids is 1. The lowest BCUT2D eigenvalue weighted by molar-refractivity contribution is -0.135. The number of hydrogen-bond donors (Lipinski definition) is 3. The summed E-state index contributed by atoms with van der Waals surface area (Å²) in [6.45, 7) is 4.34. The number of aromatic hydroxyl groups is 1. The molecule has 1 aliphatic rings. The van der Waals surface area contributed by atoms with Crippen molar-refractivity contribution in [2.75, 3.05) is 24.5 Å². The van der Waals surface area contributed by atoms with Crippen molar-refractivity contribution in [1.29, 1.82) is 0 Å². The van der Waals surface area contributed by atoms with Crippen LogP contribution in [0.1, 0.15) is 47.3 Å². The molecule has 2 heterocycles. The first kappa shape index (κ1) is 27.5. The number of benzene rings is 2. The van der Waals surface area contributed by atoms with E-state index in [-0.39, 0.29) is 17.2 Å². The van der Waals surface area contributed by atoms with Crippen molar-refractivity contribution in [3.05, 3.63) is 77.4 Å². The van der Waals surface area contributed by atoms with Crippen LogP contribution in [0.4, 0.5) is 5.69 Å². The number of ketones is 1. The van der Waals surface area contributed by atoms with Crippen LogP contribution in [0.2, 0.25) is 0 Å². The van der Waals surface area contributed by atoms with Gasteiger partial charge in [0.15, 0.2) is 17.2 Å². The number of nitrogens with zero attached hydrogens (tertiary/aromatic N) is 3. The maximum atomic E-state index is 12.3. The highest BCUT2D eigenvalue weighted by Crippen LogP contribution is 2.29. The average Bonchev–Trinajstić information content (AvgIpc) is 2.93. The van der Waals surface area contributed by atoms with Gasteiger partial charge in [-0.2, -0.15) is 0 Å². The second kappa shape index (κ2) is 12.3. The molecule has 0 atom stereocenters. The Kier molecular flexibility index (Phi) is 8.70. The molecule has 0 spiro atoms. The summed E-state index contributed by atoms with van der Waals surface area (Å²) in [6, 6.07) is 16.6. The lowest BCUT2D eigenvalue weighted by Crippen LogP contribution is -2.34. The van der Waals surface area contributed by atoms with Gasteiger partial charge in [-0.15, -0.1) is 0 Å². The van der Waals surface area contributed by atoms with Gasteiger partial charge in [0.2, 0.25) is 0 Å². The Morgan fingerprint density at radius 3 is 2.21 bits per heavy atom. The van der Waals surface area contributed by atoms with Gasteiger partial charge in [-0.3, -0.25) is 14.4 Å². The molecule has 2 aromatic carbocycles. The van der Waals surface area contributed by atoms with E-state index in [1.54, 1.807) is 13.0 Å². The van der Waals surface area contributed by atoms with E-state index in [2.05, 4.69) is 56.6 Å². The number of nitrogens with one attached hydrogen (secondary N) is 1. The molecule has 1 fully saturated rings. The molecule has 202 valence electrons. The predicted molar refractivity (Wildman–Crippen MR) is 149 cm³/mol. The van der Waals surface area contributed by atoms with Crippen LogP contribution in [0.5, 0.6) is 5.75 Å². The lowest BCUT2D eigenvalue weighted by atomic mass is 9.92. The maximum absolute atomic E-state index is 12.3. The van der Waals surface area contributed by atoms with Gasteiger partial charge in [0.1, 0.15) is 12.4 Å². The minimum absolute atomic E-state index is 0.0237. The molecule has 0 aliphatic carbocycles. The summed E-state index contributed by atoms with van der Waals surface area (Å²) in [4.78, 5) is 45.1. The van der Waals surface area contributed by atoms with Crippen LogP contribution in [0.15, 0.2) is 54.6 Å². The van der Waals surface area contributed by atoms with Crippen LogP contribution < -0.4 is 10.2 Å². The minimum Gasteiger partial charge on any atom is -0.504 e. The zero-order valence-corrected chi connectivity index (χ0v) is 22.1. The molecule has 1 aromatic heterocycles. The molecule has 9 heteroatoms. The Hall–Kier alpha value is -4.53. The van der Waals surface area contributed by atoms with Gasteiger partial charge in [-0.1, -0.05) is 42.5 Å². The number of piperidine rings is 1. The van der Waals surface area contributed by atoms with E-state index in [0.717, 1.165) is 48.3 Å². The first-order valence-electron chi connectivity index (χ1n) is 12.9. The van der Waals surface area contributed by atoms with Crippen molar-refractivity contribution in [2.45, 2.75) is 33.1 Å². The number of rotatable bonds is 9. The summed E-state index contributed by atoms with van der Waals surface area (Å²) in [5, 5.41) is 21.2. The molecule has 1 amide bonds. The van der Waals surface area contributed by atoms with Crippen LogP contribution in [0.3, 0.4) is 0 Å². The normalized spacial score (nSPS) is 13.9. The van der Waals surface area contributed by atoms with Gasteiger partial charge >= 0.3 is 5.97 Å². The van der Waals surface area contributed by atoms with Crippen molar-refractivity contribution in [3.63, 3.8) is 0 Å². The van der Waals surface area contributed by atoms with Gasteiger partial charge in [0.25, 0.3) is 5.91 Å². The highest BCUT2D eigenvalue weighted by atomic mass is 16.4. The molecule has 4 rings (SSSR count). The number of carboxylic acid groups (broad SMARTS) is 1. The number of allylic oxidation sites excluding steroid dienone is 1. The van der Waals surface area contributed by atoms with E-state index in [1.807, 2.05) is 18.2 Å². The zero-order chi connectivity index (χ0) is 27.9. The number of carbonyl (C=O) groups is 3. The van der Waals surface area contributed by atoms with Crippen LogP contribution in [-0.2, 0) is 16.0 Å². The molecule has 0 radical (unpaired) electrons. The van der Waals surface area contributed by atoms with E-state index in [0.29, 0.717) is 23.9 Å². The van der Waals surface area contributed by atoms with Crippen molar-refractivity contribution in [3.8, 4) is 16.9 Å². The van der Waals surface area contributed by atoms with Crippen LogP contribution in [0.25, 0.3) is 17.2 Å². The van der Waals surface area contributed by atoms with Gasteiger partial charge in [0, 0.05) is 25.2 Å². The number of aliphatic carboxylic acids is 1. The number of amides is 1. The third kappa shape index (κ3) is 7.28. The SMILES string of the molecule is CC(=O)/C=C/c1ccc(-c2ccc(N3CCC(Cc4nc(C)c(O)c(C(=O)NCC(=O)O)n4)CC3)cc2)cc1. The lowest BCUT2D eigenvalue weighted by Gasteiger charge is -2.33. The monoisotopic (exact) mass is 528 g/mol. The molecular formula is C30H32N4O5. The Labute approximate surface area is 227 Å².